The number of fused-ring (bicyclic) bond motifs is 1. The molecule has 1 fully saturated rings. The van der Waals surface area contributed by atoms with Crippen LogP contribution in [0.2, 0.25) is 0 Å². The Balaban J connectivity index is 1.48. The first kappa shape index (κ1) is 15.0. The Hall–Kier alpha value is -2.57. The van der Waals surface area contributed by atoms with Crippen LogP contribution in [0.5, 0.6) is 0 Å². The Morgan fingerprint density at radius 3 is 2.33 bits per heavy atom. The molecule has 2 aromatic rings. The van der Waals surface area contributed by atoms with Crippen molar-refractivity contribution in [2.45, 2.75) is 19.8 Å². The van der Waals surface area contributed by atoms with Crippen molar-refractivity contribution in [1.29, 1.82) is 0 Å². The standard InChI is InChI=1S/C17H20N6O/c1-12-9-14-13(15(24)10-12)11-20-17(21-14)23-7-5-22(6-8-23)16-18-3-2-4-19-16/h2-4,11-12H,5-10H2,1H3/t12-/m0/s1. The van der Waals surface area contributed by atoms with E-state index in [1.165, 1.54) is 0 Å². The van der Waals surface area contributed by atoms with E-state index in [1.54, 1.807) is 18.6 Å². The molecule has 1 aliphatic carbocycles. The van der Waals surface area contributed by atoms with Crippen molar-refractivity contribution in [1.82, 2.24) is 19.9 Å². The molecule has 124 valence electrons. The highest BCUT2D eigenvalue weighted by Gasteiger charge is 2.26. The molecule has 4 rings (SSSR count). The van der Waals surface area contributed by atoms with Gasteiger partial charge in [-0.3, -0.25) is 4.79 Å². The van der Waals surface area contributed by atoms with Gasteiger partial charge < -0.3 is 9.80 Å². The van der Waals surface area contributed by atoms with E-state index in [4.69, 9.17) is 0 Å². The maximum absolute atomic E-state index is 12.1. The zero-order valence-electron chi connectivity index (χ0n) is 13.7. The highest BCUT2D eigenvalue weighted by Crippen LogP contribution is 2.25. The largest absolute Gasteiger partial charge is 0.337 e. The summed E-state index contributed by atoms with van der Waals surface area (Å²) in [6, 6.07) is 1.82. The molecule has 2 aromatic heterocycles. The second-order valence-electron chi connectivity index (χ2n) is 6.49. The molecule has 0 N–H and O–H groups in total. The molecule has 0 amide bonds. The van der Waals surface area contributed by atoms with Gasteiger partial charge in [-0.05, 0) is 18.4 Å². The minimum Gasteiger partial charge on any atom is -0.337 e. The van der Waals surface area contributed by atoms with Gasteiger partial charge >= 0.3 is 0 Å². The molecule has 1 atom stereocenters. The molecule has 3 heterocycles. The number of aromatic nitrogens is 4. The highest BCUT2D eigenvalue weighted by molar-refractivity contribution is 5.98. The van der Waals surface area contributed by atoms with Gasteiger partial charge in [-0.2, -0.15) is 0 Å². The molecule has 0 aromatic carbocycles. The lowest BCUT2D eigenvalue weighted by Crippen LogP contribution is -2.47. The van der Waals surface area contributed by atoms with Crippen molar-refractivity contribution in [2.75, 3.05) is 36.0 Å². The summed E-state index contributed by atoms with van der Waals surface area (Å²) in [5.41, 5.74) is 1.60. The van der Waals surface area contributed by atoms with E-state index in [1.807, 2.05) is 6.07 Å². The van der Waals surface area contributed by atoms with Gasteiger partial charge in [-0.15, -0.1) is 0 Å². The number of nitrogens with zero attached hydrogens (tertiary/aromatic N) is 6. The van der Waals surface area contributed by atoms with Crippen LogP contribution in [0.15, 0.2) is 24.7 Å². The van der Waals surface area contributed by atoms with Gasteiger partial charge in [0.05, 0.1) is 11.3 Å². The molecular formula is C17H20N6O. The zero-order valence-corrected chi connectivity index (χ0v) is 13.7. The maximum Gasteiger partial charge on any atom is 0.225 e. The SMILES string of the molecule is C[C@@H]1CC(=O)c2cnc(N3CCN(c4ncccn4)CC3)nc2C1. The summed E-state index contributed by atoms with van der Waals surface area (Å²) in [5, 5.41) is 0. The lowest BCUT2D eigenvalue weighted by atomic mass is 9.88. The Bertz CT molecular complexity index is 742. The topological polar surface area (TPSA) is 75.1 Å². The summed E-state index contributed by atoms with van der Waals surface area (Å²) in [6.45, 7) is 5.40. The van der Waals surface area contributed by atoms with Crippen molar-refractivity contribution in [2.24, 2.45) is 5.92 Å². The number of rotatable bonds is 2. The molecule has 0 spiro atoms. The maximum atomic E-state index is 12.1. The van der Waals surface area contributed by atoms with Crippen molar-refractivity contribution in [3.05, 3.63) is 35.9 Å². The monoisotopic (exact) mass is 324 g/mol. The number of anilines is 2. The van der Waals surface area contributed by atoms with E-state index in [9.17, 15) is 4.79 Å². The van der Waals surface area contributed by atoms with Gasteiger partial charge in [-0.1, -0.05) is 6.92 Å². The molecule has 7 nitrogen and oxygen atoms in total. The number of piperazine rings is 1. The minimum absolute atomic E-state index is 0.168. The predicted molar refractivity (Wildman–Crippen MR) is 90.3 cm³/mol. The third-order valence-corrected chi connectivity index (χ3v) is 4.63. The number of hydrogen-bond donors (Lipinski definition) is 0. The van der Waals surface area contributed by atoms with Crippen molar-refractivity contribution in [3.8, 4) is 0 Å². The Morgan fingerprint density at radius 2 is 1.62 bits per heavy atom. The Kier molecular flexibility index (Phi) is 3.84. The third-order valence-electron chi connectivity index (χ3n) is 4.63. The molecule has 0 bridgehead atoms. The lowest BCUT2D eigenvalue weighted by molar-refractivity contribution is 0.0951. The third kappa shape index (κ3) is 2.81. The lowest BCUT2D eigenvalue weighted by Gasteiger charge is -2.35. The van der Waals surface area contributed by atoms with Gasteiger partial charge in [0, 0.05) is 51.2 Å². The second-order valence-corrected chi connectivity index (χ2v) is 6.49. The van der Waals surface area contributed by atoms with Gasteiger partial charge in [0.25, 0.3) is 0 Å². The van der Waals surface area contributed by atoms with Gasteiger partial charge in [0.15, 0.2) is 5.78 Å². The molecule has 1 saturated heterocycles. The first-order valence-electron chi connectivity index (χ1n) is 8.37. The molecule has 2 aliphatic rings. The summed E-state index contributed by atoms with van der Waals surface area (Å²) >= 11 is 0. The van der Waals surface area contributed by atoms with Crippen molar-refractivity contribution in [3.63, 3.8) is 0 Å². The van der Waals surface area contributed by atoms with Crippen LogP contribution in [0.25, 0.3) is 0 Å². The summed E-state index contributed by atoms with van der Waals surface area (Å²) < 4.78 is 0. The van der Waals surface area contributed by atoms with E-state index in [2.05, 4.69) is 36.7 Å². The minimum atomic E-state index is 0.168. The van der Waals surface area contributed by atoms with E-state index >= 15 is 0 Å². The van der Waals surface area contributed by atoms with Crippen molar-refractivity contribution >= 4 is 17.7 Å². The zero-order chi connectivity index (χ0) is 16.5. The summed E-state index contributed by atoms with van der Waals surface area (Å²) in [6.07, 6.45) is 6.69. The van der Waals surface area contributed by atoms with E-state index in [-0.39, 0.29) is 5.78 Å². The van der Waals surface area contributed by atoms with E-state index in [0.717, 1.165) is 50.2 Å². The van der Waals surface area contributed by atoms with Crippen LogP contribution in [0.4, 0.5) is 11.9 Å². The van der Waals surface area contributed by atoms with Crippen LogP contribution < -0.4 is 9.80 Å². The summed E-state index contributed by atoms with van der Waals surface area (Å²) in [5.74, 6) is 2.02. The highest BCUT2D eigenvalue weighted by atomic mass is 16.1. The van der Waals surface area contributed by atoms with Crippen molar-refractivity contribution < 1.29 is 4.79 Å². The Labute approximate surface area is 140 Å². The number of ketones is 1. The second kappa shape index (κ2) is 6.14. The molecular weight excluding hydrogens is 304 g/mol. The molecule has 0 radical (unpaired) electrons. The van der Waals surface area contributed by atoms with Crippen LogP contribution >= 0.6 is 0 Å². The average molecular weight is 324 g/mol. The molecule has 0 unspecified atom stereocenters. The van der Waals surface area contributed by atoms with E-state index < -0.39 is 0 Å². The van der Waals surface area contributed by atoms with Crippen LogP contribution in [0.1, 0.15) is 29.4 Å². The molecule has 7 heteroatoms. The van der Waals surface area contributed by atoms with Crippen LogP contribution in [0, 0.1) is 5.92 Å². The first-order valence-corrected chi connectivity index (χ1v) is 8.37. The summed E-state index contributed by atoms with van der Waals surface area (Å²) in [4.78, 5) is 34.1. The molecule has 24 heavy (non-hydrogen) atoms. The fourth-order valence-electron chi connectivity index (χ4n) is 3.34. The average Bonchev–Trinajstić information content (AvgIpc) is 2.62. The quantitative estimate of drug-likeness (QED) is 0.825. The molecule has 1 aliphatic heterocycles. The number of carbonyl (C=O) groups is 1. The predicted octanol–water partition coefficient (Wildman–Crippen LogP) is 1.36. The number of Topliss-reactive ketones (excluding diaryl/α,β-unsaturated/α-hetero) is 1. The smallest absolute Gasteiger partial charge is 0.225 e. The van der Waals surface area contributed by atoms with Crippen LogP contribution in [-0.2, 0) is 6.42 Å². The van der Waals surface area contributed by atoms with Gasteiger partial charge in [0.2, 0.25) is 11.9 Å². The Morgan fingerprint density at radius 1 is 0.958 bits per heavy atom. The number of carbonyl (C=O) groups excluding carboxylic acids is 1. The summed E-state index contributed by atoms with van der Waals surface area (Å²) in [7, 11) is 0. The van der Waals surface area contributed by atoms with Crippen LogP contribution in [-0.4, -0.2) is 51.9 Å². The van der Waals surface area contributed by atoms with Gasteiger partial charge in [-0.25, -0.2) is 19.9 Å². The fourth-order valence-corrected chi connectivity index (χ4v) is 3.34. The number of hydrogen-bond acceptors (Lipinski definition) is 7. The first-order chi connectivity index (χ1) is 11.7. The normalized spacial score (nSPS) is 20.9. The van der Waals surface area contributed by atoms with E-state index in [0.29, 0.717) is 17.9 Å². The van der Waals surface area contributed by atoms with Crippen LogP contribution in [0.3, 0.4) is 0 Å². The van der Waals surface area contributed by atoms with Gasteiger partial charge in [0.1, 0.15) is 0 Å². The molecule has 0 saturated carbocycles. The fraction of sp³-hybridized carbons (Fsp3) is 0.471.